The van der Waals surface area contributed by atoms with Crippen molar-refractivity contribution in [2.45, 2.75) is 57.0 Å². The van der Waals surface area contributed by atoms with E-state index in [9.17, 15) is 9.90 Å². The van der Waals surface area contributed by atoms with Crippen LogP contribution in [0.25, 0.3) is 10.8 Å². The molecule has 0 unspecified atom stereocenters. The molecule has 178 valence electrons. The van der Waals surface area contributed by atoms with Crippen LogP contribution in [0.15, 0.2) is 66.7 Å². The molecule has 4 heteroatoms. The molecule has 1 saturated heterocycles. The Morgan fingerprint density at radius 3 is 2.29 bits per heavy atom. The van der Waals surface area contributed by atoms with Crippen LogP contribution in [0.2, 0.25) is 0 Å². The largest absolute Gasteiger partial charge is 0.490 e. The second kappa shape index (κ2) is 10.6. The maximum atomic E-state index is 11.1. The molecular weight excluding hydrogens is 422 g/mol. The molecule has 2 fully saturated rings. The smallest absolute Gasteiger partial charge is 0.306 e. The van der Waals surface area contributed by atoms with Crippen LogP contribution >= 0.6 is 0 Å². The fraction of sp³-hybridized carbons (Fsp3) is 0.433. The molecular formula is C30H35NO3. The van der Waals surface area contributed by atoms with Crippen LogP contribution in [0.4, 0.5) is 0 Å². The topological polar surface area (TPSA) is 49.8 Å². The molecule has 0 bridgehead atoms. The molecule has 0 radical (unpaired) electrons. The quantitative estimate of drug-likeness (QED) is 0.453. The van der Waals surface area contributed by atoms with Gasteiger partial charge in [-0.1, -0.05) is 54.6 Å². The second-order valence-corrected chi connectivity index (χ2v) is 10.0. The lowest BCUT2D eigenvalue weighted by atomic mass is 9.83. The van der Waals surface area contributed by atoms with Gasteiger partial charge in [0, 0.05) is 6.54 Å². The number of likely N-dealkylation sites (tertiary alicyclic amines) is 1. The van der Waals surface area contributed by atoms with Crippen molar-refractivity contribution in [3.05, 3.63) is 77.9 Å². The van der Waals surface area contributed by atoms with Crippen LogP contribution in [0.1, 0.15) is 55.6 Å². The number of piperidine rings is 1. The van der Waals surface area contributed by atoms with Crippen LogP contribution in [-0.2, 0) is 11.2 Å². The number of nitrogens with zero attached hydrogens (tertiary/aromatic N) is 1. The lowest BCUT2D eigenvalue weighted by Gasteiger charge is -2.30. The zero-order chi connectivity index (χ0) is 23.3. The minimum atomic E-state index is -0.641. The number of carbonyl (C=O) groups is 1. The van der Waals surface area contributed by atoms with Gasteiger partial charge >= 0.3 is 5.97 Å². The van der Waals surface area contributed by atoms with E-state index in [-0.39, 0.29) is 5.92 Å². The summed E-state index contributed by atoms with van der Waals surface area (Å²) in [6.07, 6.45) is 7.45. The summed E-state index contributed by atoms with van der Waals surface area (Å²) in [5.74, 6) is 0.842. The third-order valence-electron chi connectivity index (χ3n) is 7.78. The van der Waals surface area contributed by atoms with Crippen molar-refractivity contribution in [3.63, 3.8) is 0 Å². The van der Waals surface area contributed by atoms with Crippen molar-refractivity contribution in [1.82, 2.24) is 4.90 Å². The SMILES string of the molecule is O=C(O)C1CCN(CCc2ccc3cc(OC4CCC(c5ccccc5)CC4)ccc3c2)CC1. The van der Waals surface area contributed by atoms with Gasteiger partial charge in [0.25, 0.3) is 0 Å². The van der Waals surface area contributed by atoms with E-state index in [4.69, 9.17) is 4.74 Å². The Kier molecular flexibility index (Phi) is 7.15. The van der Waals surface area contributed by atoms with Gasteiger partial charge in [0.1, 0.15) is 5.75 Å². The first-order valence-electron chi connectivity index (χ1n) is 12.8. The fourth-order valence-corrected chi connectivity index (χ4v) is 5.62. The first-order valence-corrected chi connectivity index (χ1v) is 12.8. The Morgan fingerprint density at radius 2 is 1.56 bits per heavy atom. The van der Waals surface area contributed by atoms with Crippen LogP contribution < -0.4 is 4.74 Å². The lowest BCUT2D eigenvalue weighted by Crippen LogP contribution is -2.37. The van der Waals surface area contributed by atoms with Gasteiger partial charge in [-0.05, 0) is 98.0 Å². The van der Waals surface area contributed by atoms with Gasteiger partial charge in [-0.3, -0.25) is 4.79 Å². The molecule has 4 nitrogen and oxygen atoms in total. The summed E-state index contributed by atoms with van der Waals surface area (Å²) < 4.78 is 6.38. The predicted molar refractivity (Wildman–Crippen MR) is 137 cm³/mol. The van der Waals surface area contributed by atoms with E-state index < -0.39 is 5.97 Å². The number of hydrogen-bond acceptors (Lipinski definition) is 3. The molecule has 0 amide bonds. The molecule has 34 heavy (non-hydrogen) atoms. The third-order valence-corrected chi connectivity index (χ3v) is 7.78. The highest BCUT2D eigenvalue weighted by atomic mass is 16.5. The van der Waals surface area contributed by atoms with Gasteiger partial charge in [-0.2, -0.15) is 0 Å². The minimum Gasteiger partial charge on any atom is -0.490 e. The first kappa shape index (κ1) is 22.9. The zero-order valence-corrected chi connectivity index (χ0v) is 19.9. The molecule has 1 aliphatic heterocycles. The van der Waals surface area contributed by atoms with Gasteiger partial charge in [0.2, 0.25) is 0 Å². The van der Waals surface area contributed by atoms with Crippen LogP contribution in [0.5, 0.6) is 5.75 Å². The van der Waals surface area contributed by atoms with Crippen molar-refractivity contribution in [2.24, 2.45) is 5.92 Å². The van der Waals surface area contributed by atoms with E-state index in [1.165, 1.54) is 34.7 Å². The van der Waals surface area contributed by atoms with Gasteiger partial charge in [-0.15, -0.1) is 0 Å². The molecule has 3 aromatic carbocycles. The van der Waals surface area contributed by atoms with Crippen molar-refractivity contribution < 1.29 is 14.6 Å². The van der Waals surface area contributed by atoms with Gasteiger partial charge < -0.3 is 14.7 Å². The number of carboxylic acid groups (broad SMARTS) is 1. The second-order valence-electron chi connectivity index (χ2n) is 10.0. The van der Waals surface area contributed by atoms with Crippen molar-refractivity contribution >= 4 is 16.7 Å². The predicted octanol–water partition coefficient (Wildman–Crippen LogP) is 6.28. The summed E-state index contributed by atoms with van der Waals surface area (Å²) in [7, 11) is 0. The molecule has 3 aromatic rings. The first-order chi connectivity index (χ1) is 16.6. The van der Waals surface area contributed by atoms with Gasteiger partial charge in [0.05, 0.1) is 12.0 Å². The summed E-state index contributed by atoms with van der Waals surface area (Å²) in [5, 5.41) is 11.6. The van der Waals surface area contributed by atoms with E-state index in [2.05, 4.69) is 71.6 Å². The summed E-state index contributed by atoms with van der Waals surface area (Å²) >= 11 is 0. The number of benzene rings is 3. The summed E-state index contributed by atoms with van der Waals surface area (Å²) in [6, 6.07) is 24.1. The number of fused-ring (bicyclic) bond motifs is 1. The summed E-state index contributed by atoms with van der Waals surface area (Å²) in [5.41, 5.74) is 2.80. The Labute approximate surface area is 202 Å². The average molecular weight is 458 g/mol. The van der Waals surface area contributed by atoms with E-state index in [1.54, 1.807) is 0 Å². The number of hydrogen-bond donors (Lipinski definition) is 1. The third kappa shape index (κ3) is 5.61. The number of rotatable bonds is 7. The van der Waals surface area contributed by atoms with Crippen molar-refractivity contribution in [3.8, 4) is 5.75 Å². The lowest BCUT2D eigenvalue weighted by molar-refractivity contribution is -0.143. The molecule has 1 aliphatic carbocycles. The molecule has 0 spiro atoms. The highest BCUT2D eigenvalue weighted by molar-refractivity contribution is 5.84. The maximum absolute atomic E-state index is 11.1. The molecule has 1 heterocycles. The van der Waals surface area contributed by atoms with Gasteiger partial charge in [0.15, 0.2) is 0 Å². The Hall–Kier alpha value is -2.85. The number of aliphatic carboxylic acids is 1. The minimum absolute atomic E-state index is 0.160. The van der Waals surface area contributed by atoms with Crippen molar-refractivity contribution in [2.75, 3.05) is 19.6 Å². The van der Waals surface area contributed by atoms with Crippen LogP contribution in [0.3, 0.4) is 0 Å². The standard InChI is InChI=1S/C30H35NO3/c32-30(33)25-15-18-31(19-16-25)17-14-22-6-7-27-21-29(13-10-26(27)20-22)34-28-11-8-24(9-12-28)23-4-2-1-3-5-23/h1-7,10,13,20-21,24-25,28H,8-9,11-12,14-19H2,(H,32,33). The molecule has 5 rings (SSSR count). The number of ether oxygens (including phenoxy) is 1. The fourth-order valence-electron chi connectivity index (χ4n) is 5.62. The highest BCUT2D eigenvalue weighted by Gasteiger charge is 2.25. The normalized spacial score (nSPS) is 22.0. The molecule has 2 aliphatic rings. The van der Waals surface area contributed by atoms with Crippen molar-refractivity contribution in [1.29, 1.82) is 0 Å². The van der Waals surface area contributed by atoms with E-state index in [1.807, 2.05) is 0 Å². The molecule has 0 atom stereocenters. The monoisotopic (exact) mass is 457 g/mol. The number of carboxylic acids is 1. The molecule has 1 saturated carbocycles. The Bertz CT molecular complexity index is 1100. The summed E-state index contributed by atoms with van der Waals surface area (Å²) in [4.78, 5) is 13.5. The van der Waals surface area contributed by atoms with Crippen LogP contribution in [0, 0.1) is 5.92 Å². The van der Waals surface area contributed by atoms with Crippen LogP contribution in [-0.4, -0.2) is 41.7 Å². The maximum Gasteiger partial charge on any atom is 0.306 e. The van der Waals surface area contributed by atoms with E-state index >= 15 is 0 Å². The van der Waals surface area contributed by atoms with E-state index in [0.717, 1.165) is 57.5 Å². The summed E-state index contributed by atoms with van der Waals surface area (Å²) in [6.45, 7) is 2.77. The van der Waals surface area contributed by atoms with E-state index in [0.29, 0.717) is 12.0 Å². The highest BCUT2D eigenvalue weighted by Crippen LogP contribution is 2.35. The van der Waals surface area contributed by atoms with Gasteiger partial charge in [-0.25, -0.2) is 0 Å². The Morgan fingerprint density at radius 1 is 0.853 bits per heavy atom. The molecule has 1 N–H and O–H groups in total. The Balaban J connectivity index is 1.13. The average Bonchev–Trinajstić information content (AvgIpc) is 2.88. The zero-order valence-electron chi connectivity index (χ0n) is 19.9. The molecule has 0 aromatic heterocycles.